The summed E-state index contributed by atoms with van der Waals surface area (Å²) in [4.78, 5) is 21.2. The van der Waals surface area contributed by atoms with Gasteiger partial charge in [0.25, 0.3) is 0 Å². The monoisotopic (exact) mass is 253 g/mol. The van der Waals surface area contributed by atoms with Crippen LogP contribution in [0.25, 0.3) is 0 Å². The molecule has 0 atom stereocenters. The number of aliphatic hydroxyl groups excluding tert-OH is 1. The lowest BCUT2D eigenvalue weighted by atomic mass is 10.3. The molecule has 5 nitrogen and oxygen atoms in total. The Kier molecular flexibility index (Phi) is 5.79. The van der Waals surface area contributed by atoms with Crippen LogP contribution in [0.2, 0.25) is 0 Å². The molecular weight excluding hydrogens is 243 g/mol. The van der Waals surface area contributed by atoms with Gasteiger partial charge in [-0.05, 0) is 19.1 Å². The van der Waals surface area contributed by atoms with Crippen LogP contribution < -0.4 is 5.32 Å². The minimum atomic E-state index is -4.92. The fourth-order valence-corrected chi connectivity index (χ4v) is 0.704. The maximum Gasteiger partial charge on any atom is 0.448 e. The number of esters is 1. The van der Waals surface area contributed by atoms with E-state index in [0.29, 0.717) is 6.08 Å². The molecule has 8 heteroatoms. The Bertz CT molecular complexity index is 347. The number of carbonyl (C=O) groups excluding carboxylic acids is 2. The van der Waals surface area contributed by atoms with Crippen LogP contribution in [0.4, 0.5) is 13.2 Å². The van der Waals surface area contributed by atoms with Crippen molar-refractivity contribution in [3.05, 3.63) is 23.6 Å². The molecule has 2 N–H and O–H groups in total. The van der Waals surface area contributed by atoms with Gasteiger partial charge in [0.05, 0.1) is 6.61 Å². The molecule has 0 aliphatic rings. The van der Waals surface area contributed by atoms with E-state index in [0.717, 1.165) is 0 Å². The predicted molar refractivity (Wildman–Crippen MR) is 50.7 cm³/mol. The second kappa shape index (κ2) is 6.56. The lowest BCUT2D eigenvalue weighted by Gasteiger charge is -2.05. The second-order valence-electron chi connectivity index (χ2n) is 2.61. The molecule has 0 aromatic carbocycles. The van der Waals surface area contributed by atoms with Gasteiger partial charge in [-0.2, -0.15) is 13.2 Å². The minimum absolute atomic E-state index is 0.00826. The summed E-state index contributed by atoms with van der Waals surface area (Å²) in [5, 5.41) is 10.4. The van der Waals surface area contributed by atoms with Crippen LogP contribution in [0.5, 0.6) is 0 Å². The van der Waals surface area contributed by atoms with E-state index in [1.807, 2.05) is 5.32 Å². The van der Waals surface area contributed by atoms with Crippen LogP contribution in [-0.4, -0.2) is 30.3 Å². The maximum absolute atomic E-state index is 11.9. The summed E-state index contributed by atoms with van der Waals surface area (Å²) in [5.74, 6) is -2.90. The summed E-state index contributed by atoms with van der Waals surface area (Å²) >= 11 is 0. The maximum atomic E-state index is 11.9. The molecule has 0 saturated carbocycles. The summed E-state index contributed by atoms with van der Waals surface area (Å²) in [7, 11) is 0. The standard InChI is InChI=1S/C9H10F3NO4/c1-2-17-8(16)6(13-5-14)3-4-7(15)9(10,11)12/h3-5,15H,2H2,1H3,(H,13,14)/b6-3-,7-4-. The average Bonchev–Trinajstić information content (AvgIpc) is 2.22. The van der Waals surface area contributed by atoms with Gasteiger partial charge in [0, 0.05) is 0 Å². The van der Waals surface area contributed by atoms with E-state index >= 15 is 0 Å². The number of rotatable bonds is 5. The van der Waals surface area contributed by atoms with Gasteiger partial charge in [0.1, 0.15) is 5.70 Å². The Morgan fingerprint density at radius 2 is 2.00 bits per heavy atom. The molecule has 0 aromatic rings. The van der Waals surface area contributed by atoms with Crippen molar-refractivity contribution < 1.29 is 32.6 Å². The van der Waals surface area contributed by atoms with E-state index in [1.165, 1.54) is 6.92 Å². The highest BCUT2D eigenvalue weighted by atomic mass is 19.4. The number of carbonyl (C=O) groups is 2. The molecule has 0 spiro atoms. The predicted octanol–water partition coefficient (Wildman–Crippen LogP) is 1.18. The van der Waals surface area contributed by atoms with Crippen molar-refractivity contribution in [3.63, 3.8) is 0 Å². The fourth-order valence-electron chi connectivity index (χ4n) is 0.704. The summed E-state index contributed by atoms with van der Waals surface area (Å²) in [6.07, 6.45) is -3.99. The molecule has 0 fully saturated rings. The summed E-state index contributed by atoms with van der Waals surface area (Å²) < 4.78 is 40.1. The molecule has 1 amide bonds. The van der Waals surface area contributed by atoms with Gasteiger partial charge in [0.15, 0.2) is 5.76 Å². The first-order chi connectivity index (χ1) is 7.82. The lowest BCUT2D eigenvalue weighted by Crippen LogP contribution is -2.21. The van der Waals surface area contributed by atoms with E-state index in [-0.39, 0.29) is 19.1 Å². The molecule has 0 radical (unpaired) electrons. The highest BCUT2D eigenvalue weighted by molar-refractivity contribution is 5.90. The van der Waals surface area contributed by atoms with Crippen molar-refractivity contribution in [1.29, 1.82) is 0 Å². The molecule has 0 saturated heterocycles. The summed E-state index contributed by atoms with van der Waals surface area (Å²) in [5.41, 5.74) is -0.516. The van der Waals surface area contributed by atoms with E-state index in [2.05, 4.69) is 4.74 Å². The average molecular weight is 253 g/mol. The number of hydrogen-bond acceptors (Lipinski definition) is 4. The third kappa shape index (κ3) is 5.59. The number of allylic oxidation sites excluding steroid dienone is 3. The normalized spacial score (nSPS) is 13.2. The molecule has 96 valence electrons. The molecular formula is C9H10F3NO4. The fraction of sp³-hybridized carbons (Fsp3) is 0.333. The van der Waals surface area contributed by atoms with Crippen molar-refractivity contribution in [2.75, 3.05) is 6.61 Å². The third-order valence-corrected chi connectivity index (χ3v) is 1.41. The van der Waals surface area contributed by atoms with Crippen LogP contribution in [0.15, 0.2) is 23.6 Å². The Morgan fingerprint density at radius 3 is 2.41 bits per heavy atom. The molecule has 0 rings (SSSR count). The first-order valence-corrected chi connectivity index (χ1v) is 4.38. The van der Waals surface area contributed by atoms with Crippen molar-refractivity contribution >= 4 is 12.4 Å². The zero-order chi connectivity index (χ0) is 13.5. The molecule has 17 heavy (non-hydrogen) atoms. The number of halogens is 3. The Hall–Kier alpha value is -1.99. The highest BCUT2D eigenvalue weighted by Gasteiger charge is 2.33. The first-order valence-electron chi connectivity index (χ1n) is 4.38. The van der Waals surface area contributed by atoms with E-state index in [9.17, 15) is 22.8 Å². The van der Waals surface area contributed by atoms with Gasteiger partial charge < -0.3 is 15.2 Å². The Labute approximate surface area is 94.6 Å². The lowest BCUT2D eigenvalue weighted by molar-refractivity contribution is -0.139. The van der Waals surface area contributed by atoms with Crippen molar-refractivity contribution in [1.82, 2.24) is 5.32 Å². The Morgan fingerprint density at radius 1 is 1.41 bits per heavy atom. The molecule has 0 aliphatic carbocycles. The van der Waals surface area contributed by atoms with Crippen LogP contribution in [0.1, 0.15) is 6.92 Å². The second-order valence-corrected chi connectivity index (χ2v) is 2.61. The molecule has 0 aliphatic heterocycles. The van der Waals surface area contributed by atoms with Crippen LogP contribution >= 0.6 is 0 Å². The van der Waals surface area contributed by atoms with Crippen molar-refractivity contribution in [2.24, 2.45) is 0 Å². The van der Waals surface area contributed by atoms with Gasteiger partial charge in [-0.3, -0.25) is 4.79 Å². The summed E-state index contributed by atoms with van der Waals surface area (Å²) in [6.45, 7) is 1.48. The number of aliphatic hydroxyl groups is 1. The van der Waals surface area contributed by atoms with E-state index in [4.69, 9.17) is 5.11 Å². The zero-order valence-electron chi connectivity index (χ0n) is 8.75. The molecule has 0 aromatic heterocycles. The third-order valence-electron chi connectivity index (χ3n) is 1.41. The van der Waals surface area contributed by atoms with Crippen molar-refractivity contribution in [2.45, 2.75) is 13.1 Å². The topological polar surface area (TPSA) is 75.6 Å². The zero-order valence-corrected chi connectivity index (χ0v) is 8.75. The number of alkyl halides is 3. The van der Waals surface area contributed by atoms with Crippen LogP contribution in [0.3, 0.4) is 0 Å². The molecule has 0 bridgehead atoms. The van der Waals surface area contributed by atoms with E-state index in [1.54, 1.807) is 0 Å². The van der Waals surface area contributed by atoms with Gasteiger partial charge in [-0.1, -0.05) is 0 Å². The van der Waals surface area contributed by atoms with E-state index < -0.39 is 23.6 Å². The van der Waals surface area contributed by atoms with Gasteiger partial charge in [-0.25, -0.2) is 4.79 Å². The van der Waals surface area contributed by atoms with Crippen LogP contribution in [0, 0.1) is 0 Å². The number of amides is 1. The minimum Gasteiger partial charge on any atom is -0.504 e. The van der Waals surface area contributed by atoms with Gasteiger partial charge in [0.2, 0.25) is 6.41 Å². The molecule has 0 heterocycles. The largest absolute Gasteiger partial charge is 0.504 e. The molecule has 0 unspecified atom stereocenters. The van der Waals surface area contributed by atoms with Gasteiger partial charge in [-0.15, -0.1) is 0 Å². The quantitative estimate of drug-likeness (QED) is 0.254. The summed E-state index contributed by atoms with van der Waals surface area (Å²) in [6, 6.07) is 0. The van der Waals surface area contributed by atoms with Crippen molar-refractivity contribution in [3.8, 4) is 0 Å². The number of ether oxygens (including phenoxy) is 1. The highest BCUT2D eigenvalue weighted by Crippen LogP contribution is 2.22. The number of nitrogens with one attached hydrogen (secondary N) is 1. The SMILES string of the molecule is CCOC(=O)/C(=C/C=C(\O)C(F)(F)F)NC=O. The number of hydrogen-bond donors (Lipinski definition) is 2. The smallest absolute Gasteiger partial charge is 0.448 e. The Balaban J connectivity index is 4.94. The van der Waals surface area contributed by atoms with Crippen LogP contribution in [-0.2, 0) is 14.3 Å². The van der Waals surface area contributed by atoms with Gasteiger partial charge >= 0.3 is 12.1 Å². The first kappa shape index (κ1) is 15.0.